The maximum absolute atomic E-state index is 12.6. The molecule has 0 heterocycles. The molecular formula is C26H32N2O6. The third kappa shape index (κ3) is 6.14. The van der Waals surface area contributed by atoms with E-state index in [9.17, 15) is 19.5 Å². The number of carboxylic acid groups (broad SMARTS) is 1. The lowest BCUT2D eigenvalue weighted by molar-refractivity contribution is -0.137. The molecule has 1 aliphatic rings. The van der Waals surface area contributed by atoms with Crippen LogP contribution >= 0.6 is 0 Å². The molecule has 8 nitrogen and oxygen atoms in total. The van der Waals surface area contributed by atoms with Crippen LogP contribution in [0.15, 0.2) is 48.5 Å². The number of alkyl carbamates (subject to hydrolysis) is 1. The minimum Gasteiger partial charge on any atom is -0.481 e. The number of hydrogen-bond acceptors (Lipinski definition) is 5. The molecule has 34 heavy (non-hydrogen) atoms. The van der Waals surface area contributed by atoms with E-state index in [1.165, 1.54) is 0 Å². The SMILES string of the molecule is CC(C)(C)C(O)CNC(=O)C(CCC(=O)O)NC(=O)OCC1c2ccccc2-c2ccccc21. The molecule has 0 bridgehead atoms. The number of carbonyl (C=O) groups is 3. The Morgan fingerprint density at radius 2 is 1.56 bits per heavy atom. The molecule has 2 atom stereocenters. The summed E-state index contributed by atoms with van der Waals surface area (Å²) in [4.78, 5) is 36.2. The van der Waals surface area contributed by atoms with Crippen molar-refractivity contribution in [2.75, 3.05) is 13.2 Å². The molecule has 0 saturated carbocycles. The van der Waals surface area contributed by atoms with Gasteiger partial charge in [0.25, 0.3) is 0 Å². The summed E-state index contributed by atoms with van der Waals surface area (Å²) in [5.41, 5.74) is 3.89. The first-order chi connectivity index (χ1) is 16.1. The van der Waals surface area contributed by atoms with Crippen molar-refractivity contribution in [3.05, 3.63) is 59.7 Å². The van der Waals surface area contributed by atoms with Gasteiger partial charge in [-0.3, -0.25) is 9.59 Å². The van der Waals surface area contributed by atoms with Gasteiger partial charge in [-0.1, -0.05) is 69.3 Å². The van der Waals surface area contributed by atoms with Crippen molar-refractivity contribution in [1.29, 1.82) is 0 Å². The number of amides is 2. The zero-order valence-corrected chi connectivity index (χ0v) is 19.7. The minimum atomic E-state index is -1.10. The highest BCUT2D eigenvalue weighted by Gasteiger charge is 2.30. The number of rotatable bonds is 9. The smallest absolute Gasteiger partial charge is 0.407 e. The summed E-state index contributed by atoms with van der Waals surface area (Å²) in [5.74, 6) is -1.79. The van der Waals surface area contributed by atoms with Crippen LogP contribution in [0.25, 0.3) is 11.1 Å². The predicted molar refractivity (Wildman–Crippen MR) is 127 cm³/mol. The predicted octanol–water partition coefficient (Wildman–Crippen LogP) is 3.28. The molecule has 2 aromatic rings. The maximum atomic E-state index is 12.6. The first-order valence-corrected chi connectivity index (χ1v) is 11.4. The summed E-state index contributed by atoms with van der Waals surface area (Å²) in [6.45, 7) is 5.57. The van der Waals surface area contributed by atoms with Crippen molar-refractivity contribution < 1.29 is 29.3 Å². The van der Waals surface area contributed by atoms with E-state index in [2.05, 4.69) is 10.6 Å². The Balaban J connectivity index is 1.63. The first kappa shape index (κ1) is 25.2. The van der Waals surface area contributed by atoms with Gasteiger partial charge < -0.3 is 25.6 Å². The number of aliphatic hydroxyl groups is 1. The monoisotopic (exact) mass is 468 g/mol. The second-order valence-corrected chi connectivity index (χ2v) is 9.58. The molecule has 2 unspecified atom stereocenters. The molecule has 2 aromatic carbocycles. The number of carbonyl (C=O) groups excluding carboxylic acids is 2. The molecule has 1 aliphatic carbocycles. The van der Waals surface area contributed by atoms with Crippen molar-refractivity contribution in [1.82, 2.24) is 10.6 Å². The van der Waals surface area contributed by atoms with Gasteiger partial charge in [-0.25, -0.2) is 4.79 Å². The fraction of sp³-hybridized carbons (Fsp3) is 0.423. The van der Waals surface area contributed by atoms with E-state index in [0.29, 0.717) is 0 Å². The maximum Gasteiger partial charge on any atom is 0.407 e. The van der Waals surface area contributed by atoms with Gasteiger partial charge in [0.05, 0.1) is 6.10 Å². The van der Waals surface area contributed by atoms with Crippen molar-refractivity contribution in [2.45, 2.75) is 51.7 Å². The van der Waals surface area contributed by atoms with E-state index in [-0.39, 0.29) is 31.9 Å². The number of nitrogens with one attached hydrogen (secondary N) is 2. The van der Waals surface area contributed by atoms with Crippen LogP contribution in [0.2, 0.25) is 0 Å². The Morgan fingerprint density at radius 3 is 2.09 bits per heavy atom. The lowest BCUT2D eigenvalue weighted by Crippen LogP contribution is -2.50. The molecule has 0 aliphatic heterocycles. The van der Waals surface area contributed by atoms with Crippen LogP contribution in [0, 0.1) is 5.41 Å². The zero-order valence-electron chi connectivity index (χ0n) is 19.7. The Morgan fingerprint density at radius 1 is 1.00 bits per heavy atom. The van der Waals surface area contributed by atoms with E-state index in [1.807, 2.05) is 69.3 Å². The van der Waals surface area contributed by atoms with Crippen molar-refractivity contribution >= 4 is 18.0 Å². The highest BCUT2D eigenvalue weighted by molar-refractivity contribution is 5.86. The van der Waals surface area contributed by atoms with Crippen LogP contribution in [0.4, 0.5) is 4.79 Å². The summed E-state index contributed by atoms with van der Waals surface area (Å²) < 4.78 is 5.48. The van der Waals surface area contributed by atoms with Gasteiger partial charge in [0.1, 0.15) is 12.6 Å². The number of ether oxygens (including phenoxy) is 1. The standard InChI is InChI=1S/C26H32N2O6/c1-26(2,3)22(29)14-27-24(32)21(12-13-23(30)31)28-25(33)34-15-20-18-10-6-4-8-16(18)17-9-5-7-11-19(17)20/h4-11,20-22,29H,12-15H2,1-3H3,(H,27,32)(H,28,33)(H,30,31). The fourth-order valence-corrected chi connectivity index (χ4v) is 3.95. The number of fused-ring (bicyclic) bond motifs is 3. The molecule has 0 saturated heterocycles. The number of aliphatic carboxylic acids is 1. The Hall–Kier alpha value is -3.39. The van der Waals surface area contributed by atoms with Gasteiger partial charge in [-0.2, -0.15) is 0 Å². The molecule has 0 radical (unpaired) electrons. The highest BCUT2D eigenvalue weighted by Crippen LogP contribution is 2.44. The minimum absolute atomic E-state index is 0.0156. The highest BCUT2D eigenvalue weighted by atomic mass is 16.5. The lowest BCUT2D eigenvalue weighted by Gasteiger charge is -2.27. The second kappa shape index (κ2) is 10.7. The van der Waals surface area contributed by atoms with Gasteiger partial charge >= 0.3 is 12.1 Å². The summed E-state index contributed by atoms with van der Waals surface area (Å²) in [5, 5.41) is 24.3. The van der Waals surface area contributed by atoms with E-state index >= 15 is 0 Å². The van der Waals surface area contributed by atoms with E-state index < -0.39 is 35.5 Å². The Bertz CT molecular complexity index is 1000. The molecule has 0 spiro atoms. The average Bonchev–Trinajstić information content (AvgIpc) is 3.11. The van der Waals surface area contributed by atoms with Gasteiger partial charge in [-0.05, 0) is 34.1 Å². The summed E-state index contributed by atoms with van der Waals surface area (Å²) >= 11 is 0. The molecular weight excluding hydrogens is 436 g/mol. The summed E-state index contributed by atoms with van der Waals surface area (Å²) in [6.07, 6.45) is -2.00. The van der Waals surface area contributed by atoms with Crippen molar-refractivity contribution in [3.63, 3.8) is 0 Å². The van der Waals surface area contributed by atoms with Gasteiger partial charge in [0.2, 0.25) is 5.91 Å². The van der Waals surface area contributed by atoms with Crippen molar-refractivity contribution in [2.24, 2.45) is 5.41 Å². The van der Waals surface area contributed by atoms with Crippen LogP contribution in [-0.4, -0.2) is 53.5 Å². The van der Waals surface area contributed by atoms with E-state index in [0.717, 1.165) is 22.3 Å². The Labute approximate surface area is 199 Å². The van der Waals surface area contributed by atoms with E-state index in [1.54, 1.807) is 0 Å². The number of hydrogen-bond donors (Lipinski definition) is 4. The zero-order chi connectivity index (χ0) is 24.9. The number of carboxylic acids is 1. The topological polar surface area (TPSA) is 125 Å². The average molecular weight is 469 g/mol. The summed E-state index contributed by atoms with van der Waals surface area (Å²) in [7, 11) is 0. The van der Waals surface area contributed by atoms with E-state index in [4.69, 9.17) is 9.84 Å². The normalized spacial score (nSPS) is 14.5. The molecule has 0 aromatic heterocycles. The third-order valence-corrected chi connectivity index (χ3v) is 6.07. The fourth-order valence-electron chi connectivity index (χ4n) is 3.95. The van der Waals surface area contributed by atoms with Gasteiger partial charge in [0.15, 0.2) is 0 Å². The van der Waals surface area contributed by atoms with Gasteiger partial charge in [-0.15, -0.1) is 0 Å². The number of benzene rings is 2. The number of aliphatic hydroxyl groups excluding tert-OH is 1. The van der Waals surface area contributed by atoms with Crippen LogP contribution < -0.4 is 10.6 Å². The molecule has 182 valence electrons. The van der Waals surface area contributed by atoms with Crippen molar-refractivity contribution in [3.8, 4) is 11.1 Å². The third-order valence-electron chi connectivity index (χ3n) is 6.07. The Kier molecular flexibility index (Phi) is 7.94. The molecule has 8 heteroatoms. The van der Waals surface area contributed by atoms with Crippen LogP contribution in [-0.2, 0) is 14.3 Å². The molecule has 4 N–H and O–H groups in total. The summed E-state index contributed by atoms with van der Waals surface area (Å²) in [6, 6.07) is 14.8. The second-order valence-electron chi connectivity index (χ2n) is 9.58. The van der Waals surface area contributed by atoms with Gasteiger partial charge in [0, 0.05) is 18.9 Å². The largest absolute Gasteiger partial charge is 0.481 e. The molecule has 3 rings (SSSR count). The first-order valence-electron chi connectivity index (χ1n) is 11.4. The lowest BCUT2D eigenvalue weighted by atomic mass is 9.89. The molecule has 0 fully saturated rings. The van der Waals surface area contributed by atoms with Crippen LogP contribution in [0.1, 0.15) is 50.7 Å². The van der Waals surface area contributed by atoms with Crippen LogP contribution in [0.5, 0.6) is 0 Å². The quantitative estimate of drug-likeness (QED) is 0.448. The van der Waals surface area contributed by atoms with Crippen LogP contribution in [0.3, 0.4) is 0 Å². The molecule has 2 amide bonds.